The summed E-state index contributed by atoms with van der Waals surface area (Å²) in [6.45, 7) is 8.86. The Morgan fingerprint density at radius 3 is 2.65 bits per heavy atom. The molecule has 0 aliphatic rings. The second-order valence-electron chi connectivity index (χ2n) is 6.25. The molecular formula is C22H27NO3. The summed E-state index contributed by atoms with van der Waals surface area (Å²) in [6, 6.07) is 11.7. The highest BCUT2D eigenvalue weighted by Gasteiger charge is 2.11. The van der Waals surface area contributed by atoms with Gasteiger partial charge in [0.25, 0.3) is 5.91 Å². The average Bonchev–Trinajstić information content (AvgIpc) is 2.64. The number of aryl methyl sites for hydroxylation is 3. The van der Waals surface area contributed by atoms with E-state index >= 15 is 0 Å². The number of ether oxygens (including phenoxy) is 2. The predicted molar refractivity (Wildman–Crippen MR) is 105 cm³/mol. The van der Waals surface area contributed by atoms with E-state index in [0.29, 0.717) is 30.2 Å². The van der Waals surface area contributed by atoms with Gasteiger partial charge in [-0.3, -0.25) is 4.79 Å². The maximum absolute atomic E-state index is 12.3. The number of amides is 1. The SMILES string of the molecule is C=CCOc1ccc(C(=O)NCCCc2ccc(C)cc2C)cc1OC. The van der Waals surface area contributed by atoms with Crippen LogP contribution in [0.2, 0.25) is 0 Å². The van der Waals surface area contributed by atoms with Crippen molar-refractivity contribution >= 4 is 5.91 Å². The lowest BCUT2D eigenvalue weighted by molar-refractivity contribution is 0.0953. The van der Waals surface area contributed by atoms with Crippen molar-refractivity contribution in [2.45, 2.75) is 26.7 Å². The lowest BCUT2D eigenvalue weighted by Gasteiger charge is -2.11. The molecule has 0 aromatic heterocycles. The zero-order chi connectivity index (χ0) is 18.9. The highest BCUT2D eigenvalue weighted by Crippen LogP contribution is 2.28. The molecule has 0 bridgehead atoms. The van der Waals surface area contributed by atoms with Gasteiger partial charge < -0.3 is 14.8 Å². The van der Waals surface area contributed by atoms with Crippen molar-refractivity contribution in [2.75, 3.05) is 20.3 Å². The molecule has 0 heterocycles. The van der Waals surface area contributed by atoms with E-state index in [1.165, 1.54) is 16.7 Å². The molecule has 1 N–H and O–H groups in total. The molecule has 4 nitrogen and oxygen atoms in total. The van der Waals surface area contributed by atoms with E-state index in [4.69, 9.17) is 9.47 Å². The van der Waals surface area contributed by atoms with Crippen LogP contribution < -0.4 is 14.8 Å². The van der Waals surface area contributed by atoms with Crippen LogP contribution in [0.15, 0.2) is 49.1 Å². The van der Waals surface area contributed by atoms with Gasteiger partial charge in [0, 0.05) is 12.1 Å². The van der Waals surface area contributed by atoms with Crippen LogP contribution in [0.4, 0.5) is 0 Å². The number of rotatable bonds is 9. The van der Waals surface area contributed by atoms with Crippen LogP contribution in [0.1, 0.15) is 33.5 Å². The van der Waals surface area contributed by atoms with Crippen molar-refractivity contribution in [1.82, 2.24) is 5.32 Å². The molecule has 2 rings (SSSR count). The normalized spacial score (nSPS) is 10.3. The number of hydrogen-bond donors (Lipinski definition) is 1. The molecule has 0 atom stereocenters. The molecule has 26 heavy (non-hydrogen) atoms. The van der Waals surface area contributed by atoms with E-state index in [0.717, 1.165) is 12.8 Å². The largest absolute Gasteiger partial charge is 0.493 e. The Morgan fingerprint density at radius 1 is 1.15 bits per heavy atom. The predicted octanol–water partition coefficient (Wildman–Crippen LogP) is 4.24. The van der Waals surface area contributed by atoms with Gasteiger partial charge in [0.2, 0.25) is 0 Å². The minimum Gasteiger partial charge on any atom is -0.493 e. The van der Waals surface area contributed by atoms with Crippen LogP contribution in [-0.4, -0.2) is 26.2 Å². The fourth-order valence-corrected chi connectivity index (χ4v) is 2.79. The van der Waals surface area contributed by atoms with Gasteiger partial charge in [-0.05, 0) is 56.0 Å². The molecule has 0 unspecified atom stereocenters. The van der Waals surface area contributed by atoms with E-state index < -0.39 is 0 Å². The van der Waals surface area contributed by atoms with Crippen molar-refractivity contribution < 1.29 is 14.3 Å². The number of carbonyl (C=O) groups excluding carboxylic acids is 1. The Bertz CT molecular complexity index is 768. The van der Waals surface area contributed by atoms with Gasteiger partial charge >= 0.3 is 0 Å². The maximum atomic E-state index is 12.3. The fourth-order valence-electron chi connectivity index (χ4n) is 2.79. The topological polar surface area (TPSA) is 47.6 Å². The van der Waals surface area contributed by atoms with Crippen LogP contribution in [0, 0.1) is 13.8 Å². The van der Waals surface area contributed by atoms with Crippen LogP contribution in [-0.2, 0) is 6.42 Å². The minimum atomic E-state index is -0.112. The molecule has 2 aromatic carbocycles. The lowest BCUT2D eigenvalue weighted by Crippen LogP contribution is -2.24. The summed E-state index contributed by atoms with van der Waals surface area (Å²) in [4.78, 5) is 12.3. The van der Waals surface area contributed by atoms with Crippen molar-refractivity contribution in [3.63, 3.8) is 0 Å². The monoisotopic (exact) mass is 353 g/mol. The quantitative estimate of drug-likeness (QED) is 0.542. The molecule has 0 aliphatic heterocycles. The van der Waals surface area contributed by atoms with Gasteiger partial charge in [0.1, 0.15) is 6.61 Å². The summed E-state index contributed by atoms with van der Waals surface area (Å²) in [5.41, 5.74) is 4.46. The summed E-state index contributed by atoms with van der Waals surface area (Å²) >= 11 is 0. The van der Waals surface area contributed by atoms with Crippen LogP contribution in [0.3, 0.4) is 0 Å². The van der Waals surface area contributed by atoms with E-state index in [9.17, 15) is 4.79 Å². The standard InChI is InChI=1S/C22H27NO3/c1-5-13-26-20-11-10-19(15-21(20)25-4)22(24)23-12-6-7-18-9-8-16(2)14-17(18)3/h5,8-11,14-15H,1,6-7,12-13H2,2-4H3,(H,23,24). The number of methoxy groups -OCH3 is 1. The molecule has 0 radical (unpaired) electrons. The molecule has 0 saturated carbocycles. The van der Waals surface area contributed by atoms with Crippen molar-refractivity contribution in [3.05, 3.63) is 71.3 Å². The summed E-state index contributed by atoms with van der Waals surface area (Å²) in [6.07, 6.45) is 3.51. The third-order valence-corrected chi connectivity index (χ3v) is 4.19. The number of hydrogen-bond acceptors (Lipinski definition) is 3. The molecule has 2 aromatic rings. The van der Waals surface area contributed by atoms with Gasteiger partial charge in [-0.2, -0.15) is 0 Å². The molecule has 138 valence electrons. The highest BCUT2D eigenvalue weighted by atomic mass is 16.5. The van der Waals surface area contributed by atoms with Crippen molar-refractivity contribution in [1.29, 1.82) is 0 Å². The summed E-state index contributed by atoms with van der Waals surface area (Å²) < 4.78 is 10.8. The Morgan fingerprint density at radius 2 is 1.96 bits per heavy atom. The second kappa shape index (κ2) is 9.66. The zero-order valence-electron chi connectivity index (χ0n) is 15.8. The summed E-state index contributed by atoms with van der Waals surface area (Å²) in [5.74, 6) is 1.02. The first-order valence-electron chi connectivity index (χ1n) is 8.81. The first kappa shape index (κ1) is 19.6. The highest BCUT2D eigenvalue weighted by molar-refractivity contribution is 5.94. The second-order valence-corrected chi connectivity index (χ2v) is 6.25. The van der Waals surface area contributed by atoms with Gasteiger partial charge in [-0.25, -0.2) is 0 Å². The van der Waals surface area contributed by atoms with Crippen molar-refractivity contribution in [3.8, 4) is 11.5 Å². The van der Waals surface area contributed by atoms with Crippen LogP contribution in [0.25, 0.3) is 0 Å². The zero-order valence-corrected chi connectivity index (χ0v) is 15.8. The first-order valence-corrected chi connectivity index (χ1v) is 8.81. The molecular weight excluding hydrogens is 326 g/mol. The number of nitrogens with one attached hydrogen (secondary N) is 1. The Kier molecular flexibility index (Phi) is 7.27. The smallest absolute Gasteiger partial charge is 0.251 e. The summed E-state index contributed by atoms with van der Waals surface area (Å²) in [7, 11) is 1.56. The number of benzene rings is 2. The third kappa shape index (κ3) is 5.38. The van der Waals surface area contributed by atoms with E-state index in [-0.39, 0.29) is 5.91 Å². The Balaban J connectivity index is 1.88. The molecule has 4 heteroatoms. The van der Waals surface area contributed by atoms with Gasteiger partial charge in [-0.1, -0.05) is 36.4 Å². The summed E-state index contributed by atoms with van der Waals surface area (Å²) in [5, 5.41) is 2.96. The maximum Gasteiger partial charge on any atom is 0.251 e. The molecule has 0 aliphatic carbocycles. The van der Waals surface area contributed by atoms with E-state index in [2.05, 4.69) is 43.9 Å². The van der Waals surface area contributed by atoms with Gasteiger partial charge in [0.05, 0.1) is 7.11 Å². The number of carbonyl (C=O) groups is 1. The minimum absolute atomic E-state index is 0.112. The lowest BCUT2D eigenvalue weighted by atomic mass is 10.0. The van der Waals surface area contributed by atoms with E-state index in [1.54, 1.807) is 31.4 Å². The first-order chi connectivity index (χ1) is 12.5. The molecule has 1 amide bonds. The molecule has 0 saturated heterocycles. The van der Waals surface area contributed by atoms with E-state index in [1.807, 2.05) is 0 Å². The van der Waals surface area contributed by atoms with Crippen molar-refractivity contribution in [2.24, 2.45) is 0 Å². The van der Waals surface area contributed by atoms with Crippen LogP contribution >= 0.6 is 0 Å². The Hall–Kier alpha value is -2.75. The fraction of sp³-hybridized carbons (Fsp3) is 0.318. The van der Waals surface area contributed by atoms with Gasteiger partial charge in [0.15, 0.2) is 11.5 Å². The van der Waals surface area contributed by atoms with Crippen LogP contribution in [0.5, 0.6) is 11.5 Å². The molecule has 0 fully saturated rings. The third-order valence-electron chi connectivity index (χ3n) is 4.19. The average molecular weight is 353 g/mol. The van der Waals surface area contributed by atoms with Gasteiger partial charge in [-0.15, -0.1) is 0 Å². The molecule has 0 spiro atoms. The Labute approximate surface area is 155 Å².